The summed E-state index contributed by atoms with van der Waals surface area (Å²) in [7, 11) is 0. The van der Waals surface area contributed by atoms with Crippen molar-refractivity contribution in [3.63, 3.8) is 0 Å². The van der Waals surface area contributed by atoms with Crippen molar-refractivity contribution >= 4 is 37.8 Å². The molecule has 104 valence electrons. The Kier molecular flexibility index (Phi) is 5.00. The van der Waals surface area contributed by atoms with Crippen LogP contribution in [0.4, 0.5) is 0 Å². The van der Waals surface area contributed by atoms with E-state index in [1.807, 2.05) is 55.5 Å². The smallest absolute Gasteiger partial charge is 0.252 e. The van der Waals surface area contributed by atoms with Gasteiger partial charge in [0, 0.05) is 15.4 Å². The molecule has 0 aliphatic carbocycles. The molecule has 0 aromatic heterocycles. The van der Waals surface area contributed by atoms with E-state index in [0.717, 1.165) is 10.0 Å². The minimum atomic E-state index is -0.444. The minimum Gasteiger partial charge on any atom is -0.342 e. The third-order valence-electron chi connectivity index (χ3n) is 3.15. The van der Waals surface area contributed by atoms with E-state index in [0.29, 0.717) is 10.9 Å². The maximum atomic E-state index is 12.4. The summed E-state index contributed by atoms with van der Waals surface area (Å²) < 4.78 is 0.894. The van der Waals surface area contributed by atoms with Crippen LogP contribution in [0.2, 0.25) is 0 Å². The summed E-state index contributed by atoms with van der Waals surface area (Å²) in [5.74, 6) is -0.0860. The van der Waals surface area contributed by atoms with Crippen LogP contribution in [0.5, 0.6) is 0 Å². The van der Waals surface area contributed by atoms with Crippen LogP contribution in [0.1, 0.15) is 22.8 Å². The lowest BCUT2D eigenvalue weighted by Gasteiger charge is -2.29. The molecule has 2 aromatic carbocycles. The van der Waals surface area contributed by atoms with E-state index in [1.165, 1.54) is 0 Å². The average Bonchev–Trinajstić information content (AvgIpc) is 2.48. The van der Waals surface area contributed by atoms with E-state index in [2.05, 4.69) is 37.2 Å². The van der Waals surface area contributed by atoms with Crippen LogP contribution in [0.15, 0.2) is 59.1 Å². The van der Waals surface area contributed by atoms with Gasteiger partial charge in [0.05, 0.1) is 5.54 Å². The SMILES string of the molecule is CC(CBr)(NC(=O)c1cccc(Br)c1)c1ccccc1. The van der Waals surface area contributed by atoms with Gasteiger partial charge in [0.15, 0.2) is 0 Å². The molecule has 0 bridgehead atoms. The first kappa shape index (κ1) is 15.3. The Bertz CT molecular complexity index is 600. The number of alkyl halides is 1. The van der Waals surface area contributed by atoms with Gasteiger partial charge in [-0.2, -0.15) is 0 Å². The van der Waals surface area contributed by atoms with Gasteiger partial charge in [-0.15, -0.1) is 0 Å². The van der Waals surface area contributed by atoms with Crippen LogP contribution in [0.3, 0.4) is 0 Å². The van der Waals surface area contributed by atoms with E-state index >= 15 is 0 Å². The first-order chi connectivity index (χ1) is 9.55. The number of rotatable bonds is 4. The number of amides is 1. The standard InChI is InChI=1S/C16H15Br2NO/c1-16(11-17,13-7-3-2-4-8-13)19-15(20)12-6-5-9-14(18)10-12/h2-10H,11H2,1H3,(H,19,20). The molecule has 0 heterocycles. The van der Waals surface area contributed by atoms with Crippen molar-refractivity contribution in [2.45, 2.75) is 12.5 Å². The van der Waals surface area contributed by atoms with E-state index in [4.69, 9.17) is 0 Å². The van der Waals surface area contributed by atoms with Gasteiger partial charge in [0.2, 0.25) is 0 Å². The quantitative estimate of drug-likeness (QED) is 0.758. The predicted octanol–water partition coefficient (Wildman–Crippen LogP) is 4.49. The third kappa shape index (κ3) is 3.49. The summed E-state index contributed by atoms with van der Waals surface area (Å²) in [6.07, 6.45) is 0. The Balaban J connectivity index is 2.24. The largest absolute Gasteiger partial charge is 0.342 e. The lowest BCUT2D eigenvalue weighted by Crippen LogP contribution is -2.44. The molecule has 1 atom stereocenters. The minimum absolute atomic E-state index is 0.0860. The zero-order valence-corrected chi connectivity index (χ0v) is 14.2. The lowest BCUT2D eigenvalue weighted by atomic mass is 9.94. The summed E-state index contributed by atoms with van der Waals surface area (Å²) in [5.41, 5.74) is 1.27. The van der Waals surface area contributed by atoms with Crippen molar-refractivity contribution in [2.75, 3.05) is 5.33 Å². The van der Waals surface area contributed by atoms with Gasteiger partial charge in [-0.3, -0.25) is 4.79 Å². The highest BCUT2D eigenvalue weighted by atomic mass is 79.9. The predicted molar refractivity (Wildman–Crippen MR) is 89.2 cm³/mol. The van der Waals surface area contributed by atoms with Crippen LogP contribution in [-0.4, -0.2) is 11.2 Å². The van der Waals surface area contributed by atoms with Crippen LogP contribution in [0.25, 0.3) is 0 Å². The molecular formula is C16H15Br2NO. The molecule has 0 saturated heterocycles. The third-order valence-corrected chi connectivity index (χ3v) is 4.77. The van der Waals surface area contributed by atoms with Crippen molar-refractivity contribution in [3.8, 4) is 0 Å². The molecule has 4 heteroatoms. The number of halogens is 2. The Morgan fingerprint density at radius 3 is 2.45 bits per heavy atom. The van der Waals surface area contributed by atoms with Crippen LogP contribution < -0.4 is 5.32 Å². The van der Waals surface area contributed by atoms with Crippen molar-refractivity contribution in [1.29, 1.82) is 0 Å². The summed E-state index contributed by atoms with van der Waals surface area (Å²) in [6, 6.07) is 17.3. The second-order valence-corrected chi connectivity index (χ2v) is 6.27. The number of carbonyl (C=O) groups is 1. The number of hydrogen-bond acceptors (Lipinski definition) is 1. The molecule has 0 radical (unpaired) electrons. The van der Waals surface area contributed by atoms with E-state index in [-0.39, 0.29) is 5.91 Å². The van der Waals surface area contributed by atoms with Crippen LogP contribution in [0, 0.1) is 0 Å². The second kappa shape index (κ2) is 6.55. The fraction of sp³-hybridized carbons (Fsp3) is 0.188. The van der Waals surface area contributed by atoms with Gasteiger partial charge in [-0.1, -0.05) is 68.3 Å². The molecule has 0 aliphatic rings. The highest BCUT2D eigenvalue weighted by Gasteiger charge is 2.27. The molecule has 1 unspecified atom stereocenters. The molecule has 20 heavy (non-hydrogen) atoms. The maximum Gasteiger partial charge on any atom is 0.252 e. The molecule has 2 rings (SSSR count). The summed E-state index contributed by atoms with van der Waals surface area (Å²) in [4.78, 5) is 12.4. The Labute approximate surface area is 135 Å². The first-order valence-corrected chi connectivity index (χ1v) is 8.16. The summed E-state index contributed by atoms with van der Waals surface area (Å²) in [6.45, 7) is 2.01. The monoisotopic (exact) mass is 395 g/mol. The zero-order chi connectivity index (χ0) is 14.6. The van der Waals surface area contributed by atoms with Gasteiger partial charge >= 0.3 is 0 Å². The Morgan fingerprint density at radius 2 is 1.85 bits per heavy atom. The Morgan fingerprint density at radius 1 is 1.15 bits per heavy atom. The fourth-order valence-electron chi connectivity index (χ4n) is 1.94. The highest BCUT2D eigenvalue weighted by Crippen LogP contribution is 2.24. The molecule has 0 spiro atoms. The molecule has 0 fully saturated rings. The van der Waals surface area contributed by atoms with Crippen LogP contribution >= 0.6 is 31.9 Å². The zero-order valence-electron chi connectivity index (χ0n) is 11.1. The second-order valence-electron chi connectivity index (χ2n) is 4.80. The van der Waals surface area contributed by atoms with Gasteiger partial charge in [0.1, 0.15) is 0 Å². The number of nitrogens with one attached hydrogen (secondary N) is 1. The normalized spacial score (nSPS) is 13.6. The molecule has 0 aliphatic heterocycles. The maximum absolute atomic E-state index is 12.4. The van der Waals surface area contributed by atoms with Crippen LogP contribution in [-0.2, 0) is 5.54 Å². The summed E-state index contributed by atoms with van der Waals surface area (Å²) in [5, 5.41) is 3.74. The number of carbonyl (C=O) groups excluding carboxylic acids is 1. The lowest BCUT2D eigenvalue weighted by molar-refractivity contribution is 0.0914. The average molecular weight is 397 g/mol. The van der Waals surface area contributed by atoms with Gasteiger partial charge in [-0.25, -0.2) is 0 Å². The van der Waals surface area contributed by atoms with Gasteiger partial charge in [0.25, 0.3) is 5.91 Å². The number of benzene rings is 2. The van der Waals surface area contributed by atoms with E-state index in [1.54, 1.807) is 6.07 Å². The van der Waals surface area contributed by atoms with Crippen molar-refractivity contribution in [1.82, 2.24) is 5.32 Å². The summed E-state index contributed by atoms with van der Waals surface area (Å²) >= 11 is 6.88. The van der Waals surface area contributed by atoms with Crippen molar-refractivity contribution in [2.24, 2.45) is 0 Å². The van der Waals surface area contributed by atoms with Gasteiger partial charge < -0.3 is 5.32 Å². The molecular weight excluding hydrogens is 382 g/mol. The van der Waals surface area contributed by atoms with Crippen molar-refractivity contribution in [3.05, 3.63) is 70.2 Å². The van der Waals surface area contributed by atoms with Crippen molar-refractivity contribution < 1.29 is 4.79 Å². The molecule has 1 amide bonds. The topological polar surface area (TPSA) is 29.1 Å². The fourth-order valence-corrected chi connectivity index (χ4v) is 2.80. The molecule has 2 aromatic rings. The Hall–Kier alpha value is -1.13. The van der Waals surface area contributed by atoms with E-state index in [9.17, 15) is 4.79 Å². The van der Waals surface area contributed by atoms with Gasteiger partial charge in [-0.05, 0) is 30.7 Å². The number of hydrogen-bond donors (Lipinski definition) is 1. The molecule has 0 saturated carbocycles. The molecule has 2 nitrogen and oxygen atoms in total. The van der Waals surface area contributed by atoms with E-state index < -0.39 is 5.54 Å². The first-order valence-electron chi connectivity index (χ1n) is 6.25. The highest BCUT2D eigenvalue weighted by molar-refractivity contribution is 9.10. The molecule has 1 N–H and O–H groups in total.